The Morgan fingerprint density at radius 3 is 2.28 bits per heavy atom. The molecule has 7 nitrogen and oxygen atoms in total. The lowest BCUT2D eigenvalue weighted by atomic mass is 10.1. The van der Waals surface area contributed by atoms with E-state index in [-0.39, 0.29) is 5.91 Å². The van der Waals surface area contributed by atoms with Crippen LogP contribution in [0.3, 0.4) is 0 Å². The summed E-state index contributed by atoms with van der Waals surface area (Å²) in [6.07, 6.45) is 1.63. The zero-order valence-electron chi connectivity index (χ0n) is 17.6. The first-order valence-corrected chi connectivity index (χ1v) is 11.3. The second-order valence-corrected chi connectivity index (χ2v) is 9.78. The first-order chi connectivity index (χ1) is 13.7. The van der Waals surface area contributed by atoms with E-state index in [1.54, 1.807) is 11.2 Å². The predicted octanol–water partition coefficient (Wildman–Crippen LogP) is 0.753. The van der Waals surface area contributed by atoms with Crippen LogP contribution in [-0.4, -0.2) is 63.3 Å². The van der Waals surface area contributed by atoms with E-state index < -0.39 is 10.0 Å². The van der Waals surface area contributed by atoms with Crippen molar-refractivity contribution in [1.29, 1.82) is 0 Å². The highest BCUT2D eigenvalue weighted by atomic mass is 32.2. The number of nitrogens with one attached hydrogen (secondary N) is 1. The number of hydrogen-bond donors (Lipinski definition) is 1. The Labute approximate surface area is 172 Å². The molecule has 29 heavy (non-hydrogen) atoms. The minimum absolute atomic E-state index is 0.0359. The molecule has 1 fully saturated rings. The summed E-state index contributed by atoms with van der Waals surface area (Å²) in [6, 6.07) is 7.53. The molecule has 0 radical (unpaired) electrons. The van der Waals surface area contributed by atoms with Gasteiger partial charge in [-0.2, -0.15) is 4.31 Å². The Morgan fingerprint density at radius 2 is 1.72 bits per heavy atom. The highest BCUT2D eigenvalue weighted by molar-refractivity contribution is 7.89. The zero-order chi connectivity index (χ0) is 21.2. The van der Waals surface area contributed by atoms with E-state index in [0.29, 0.717) is 44.2 Å². The molecule has 0 aliphatic carbocycles. The van der Waals surface area contributed by atoms with E-state index in [9.17, 15) is 13.2 Å². The smallest absolute Gasteiger partial charge is 0.277 e. The number of benzene rings is 1. The summed E-state index contributed by atoms with van der Waals surface area (Å²) in [6.45, 7) is 8.09. The largest absolute Gasteiger partial charge is 0.463 e. The number of aryl methyl sites for hydroxylation is 3. The van der Waals surface area contributed by atoms with Gasteiger partial charge in [-0.05, 0) is 44.0 Å². The SMILES string of the molecule is Cc1cc(C)c(S(=O)(=O)N2CCN(C(=O)C[NH+](C)Cc3ccco3)CC2)c(C)c1. The van der Waals surface area contributed by atoms with Crippen molar-refractivity contribution in [2.45, 2.75) is 32.2 Å². The highest BCUT2D eigenvalue weighted by Crippen LogP contribution is 2.26. The molecule has 3 rings (SSSR count). The molecule has 1 aliphatic heterocycles. The normalized spacial score (nSPS) is 16.8. The summed E-state index contributed by atoms with van der Waals surface area (Å²) in [5.41, 5.74) is 2.59. The molecule has 2 heterocycles. The van der Waals surface area contributed by atoms with Crippen LogP contribution in [0.1, 0.15) is 22.5 Å². The van der Waals surface area contributed by atoms with Crippen LogP contribution in [0.2, 0.25) is 0 Å². The van der Waals surface area contributed by atoms with Gasteiger partial charge in [0.25, 0.3) is 5.91 Å². The minimum atomic E-state index is -3.57. The van der Waals surface area contributed by atoms with E-state index in [1.807, 2.05) is 52.1 Å². The van der Waals surface area contributed by atoms with Crippen molar-refractivity contribution in [3.05, 3.63) is 53.0 Å². The quantitative estimate of drug-likeness (QED) is 0.749. The number of hydrogen-bond acceptors (Lipinski definition) is 4. The lowest BCUT2D eigenvalue weighted by Gasteiger charge is -2.34. The third kappa shape index (κ3) is 4.88. The van der Waals surface area contributed by atoms with Crippen molar-refractivity contribution in [2.75, 3.05) is 39.8 Å². The highest BCUT2D eigenvalue weighted by Gasteiger charge is 2.32. The first-order valence-electron chi connectivity index (χ1n) is 9.88. The van der Waals surface area contributed by atoms with Gasteiger partial charge in [0.2, 0.25) is 10.0 Å². The number of amides is 1. The zero-order valence-corrected chi connectivity index (χ0v) is 18.4. The van der Waals surface area contributed by atoms with Gasteiger partial charge < -0.3 is 14.2 Å². The summed E-state index contributed by atoms with van der Waals surface area (Å²) in [5, 5.41) is 0. The van der Waals surface area contributed by atoms with Crippen molar-refractivity contribution < 1.29 is 22.5 Å². The van der Waals surface area contributed by atoms with Gasteiger partial charge in [-0.15, -0.1) is 0 Å². The molecule has 1 N–H and O–H groups in total. The molecule has 1 unspecified atom stereocenters. The van der Waals surface area contributed by atoms with Gasteiger partial charge in [-0.3, -0.25) is 4.79 Å². The number of piperazine rings is 1. The number of furan rings is 1. The van der Waals surface area contributed by atoms with Gasteiger partial charge in [0.05, 0.1) is 18.2 Å². The molecule has 0 spiro atoms. The molecule has 2 aromatic rings. The van der Waals surface area contributed by atoms with Gasteiger partial charge in [0, 0.05) is 26.2 Å². The van der Waals surface area contributed by atoms with Crippen LogP contribution < -0.4 is 4.90 Å². The summed E-state index contributed by atoms with van der Waals surface area (Å²) in [7, 11) is -1.62. The fraction of sp³-hybridized carbons (Fsp3) is 0.476. The molecular weight excluding hydrogens is 390 g/mol. The van der Waals surface area contributed by atoms with E-state index >= 15 is 0 Å². The summed E-state index contributed by atoms with van der Waals surface area (Å²) in [5.74, 6) is 0.879. The average Bonchev–Trinajstić information content (AvgIpc) is 3.13. The number of rotatable bonds is 6. The average molecular weight is 421 g/mol. The van der Waals surface area contributed by atoms with Gasteiger partial charge in [-0.25, -0.2) is 8.42 Å². The molecule has 1 saturated heterocycles. The molecule has 158 valence electrons. The van der Waals surface area contributed by atoms with Gasteiger partial charge in [0.15, 0.2) is 12.3 Å². The molecule has 1 amide bonds. The Kier molecular flexibility index (Phi) is 6.45. The molecule has 8 heteroatoms. The number of likely N-dealkylation sites (N-methyl/N-ethyl adjacent to an activating group) is 1. The molecule has 0 bridgehead atoms. The maximum Gasteiger partial charge on any atom is 0.277 e. The number of nitrogens with zero attached hydrogens (tertiary/aromatic N) is 2. The van der Waals surface area contributed by atoms with Crippen molar-refractivity contribution in [3.63, 3.8) is 0 Å². The van der Waals surface area contributed by atoms with Crippen LogP contribution in [0, 0.1) is 20.8 Å². The number of carbonyl (C=O) groups is 1. The van der Waals surface area contributed by atoms with E-state index in [4.69, 9.17) is 4.42 Å². The van der Waals surface area contributed by atoms with Gasteiger partial charge in [-0.1, -0.05) is 17.7 Å². The third-order valence-electron chi connectivity index (χ3n) is 5.30. The summed E-state index contributed by atoms with van der Waals surface area (Å²) >= 11 is 0. The summed E-state index contributed by atoms with van der Waals surface area (Å²) < 4.78 is 33.2. The van der Waals surface area contributed by atoms with Gasteiger partial charge in [0.1, 0.15) is 6.54 Å². The molecule has 1 aromatic heterocycles. The second kappa shape index (κ2) is 8.69. The van der Waals surface area contributed by atoms with Gasteiger partial charge >= 0.3 is 0 Å². The fourth-order valence-corrected chi connectivity index (χ4v) is 5.86. The Balaban J connectivity index is 1.60. The predicted molar refractivity (Wildman–Crippen MR) is 110 cm³/mol. The van der Waals surface area contributed by atoms with Crippen LogP contribution in [0.5, 0.6) is 0 Å². The topological polar surface area (TPSA) is 75.3 Å². The summed E-state index contributed by atoms with van der Waals surface area (Å²) in [4.78, 5) is 15.8. The van der Waals surface area contributed by atoms with Crippen LogP contribution >= 0.6 is 0 Å². The number of carbonyl (C=O) groups excluding carboxylic acids is 1. The fourth-order valence-electron chi connectivity index (χ4n) is 4.02. The lowest BCUT2D eigenvalue weighted by Crippen LogP contribution is -3.08. The number of sulfonamides is 1. The Bertz CT molecular complexity index is 939. The van der Waals surface area contributed by atoms with Crippen LogP contribution in [-0.2, 0) is 21.4 Å². The number of quaternary nitrogens is 1. The van der Waals surface area contributed by atoms with Crippen molar-refractivity contribution in [3.8, 4) is 0 Å². The minimum Gasteiger partial charge on any atom is -0.463 e. The van der Waals surface area contributed by atoms with Crippen LogP contribution in [0.25, 0.3) is 0 Å². The third-order valence-corrected chi connectivity index (χ3v) is 7.51. The second-order valence-electron chi connectivity index (χ2n) is 7.90. The van der Waals surface area contributed by atoms with Crippen LogP contribution in [0.15, 0.2) is 39.8 Å². The standard InChI is InChI=1S/C21H29N3O4S/c1-16-12-17(2)21(18(3)13-16)29(26,27)24-9-7-23(8-10-24)20(25)15-22(4)14-19-6-5-11-28-19/h5-6,11-13H,7-10,14-15H2,1-4H3/p+1. The molecule has 1 aliphatic rings. The molecule has 1 atom stereocenters. The first kappa shape index (κ1) is 21.5. The molecular formula is C21H30N3O4S+. The Hall–Kier alpha value is -2.16. The van der Waals surface area contributed by atoms with Crippen molar-refractivity contribution in [1.82, 2.24) is 9.21 Å². The van der Waals surface area contributed by atoms with E-state index in [0.717, 1.165) is 27.4 Å². The van der Waals surface area contributed by atoms with E-state index in [1.165, 1.54) is 4.31 Å². The Morgan fingerprint density at radius 1 is 1.10 bits per heavy atom. The molecule has 0 saturated carbocycles. The monoisotopic (exact) mass is 420 g/mol. The molecule has 1 aromatic carbocycles. The maximum absolute atomic E-state index is 13.2. The maximum atomic E-state index is 13.2. The lowest BCUT2D eigenvalue weighted by molar-refractivity contribution is -0.886. The van der Waals surface area contributed by atoms with Crippen molar-refractivity contribution in [2.24, 2.45) is 0 Å². The van der Waals surface area contributed by atoms with E-state index in [2.05, 4.69) is 0 Å². The van der Waals surface area contributed by atoms with Crippen LogP contribution in [0.4, 0.5) is 0 Å². The van der Waals surface area contributed by atoms with Crippen molar-refractivity contribution >= 4 is 15.9 Å².